The van der Waals surface area contributed by atoms with Gasteiger partial charge in [0.05, 0.1) is 30.2 Å². The van der Waals surface area contributed by atoms with Crippen molar-refractivity contribution in [1.82, 2.24) is 9.55 Å². The molecule has 1 N–H and O–H groups in total. The number of carboxylic acid groups (broad SMARTS) is 1. The molecule has 0 saturated heterocycles. The lowest BCUT2D eigenvalue weighted by atomic mass is 10.1. The quantitative estimate of drug-likeness (QED) is 0.576. The molecule has 2 aromatic carbocycles. The molecular weight excluding hydrogens is 396 g/mol. The summed E-state index contributed by atoms with van der Waals surface area (Å²) in [4.78, 5) is 28.8. The number of rotatable bonds is 7. The molecule has 31 heavy (non-hydrogen) atoms. The molecule has 0 fully saturated rings. The molecule has 0 radical (unpaired) electrons. The Balaban J connectivity index is 1.72. The molecule has 3 aromatic rings. The molecule has 0 unspecified atom stereocenters. The van der Waals surface area contributed by atoms with Crippen molar-refractivity contribution in [1.29, 1.82) is 0 Å². The number of benzene rings is 2. The van der Waals surface area contributed by atoms with Crippen LogP contribution in [0.2, 0.25) is 0 Å². The lowest BCUT2D eigenvalue weighted by Crippen LogP contribution is -2.21. The molecule has 1 aliphatic heterocycles. The first-order chi connectivity index (χ1) is 15.0. The van der Waals surface area contributed by atoms with Crippen molar-refractivity contribution in [2.75, 3.05) is 13.7 Å². The number of carbonyl (C=O) groups is 1. The molecule has 1 aliphatic rings. The predicted octanol–water partition coefficient (Wildman–Crippen LogP) is 4.23. The van der Waals surface area contributed by atoms with Crippen LogP contribution in [-0.4, -0.2) is 34.3 Å². The van der Waals surface area contributed by atoms with Crippen LogP contribution in [0.3, 0.4) is 0 Å². The van der Waals surface area contributed by atoms with Gasteiger partial charge in [0, 0.05) is 6.54 Å². The number of hydrogen-bond acceptors (Lipinski definition) is 5. The minimum Gasteiger partial charge on any atom is -0.493 e. The first-order valence-corrected chi connectivity index (χ1v) is 10.3. The maximum Gasteiger partial charge on any atom is 0.335 e. The van der Waals surface area contributed by atoms with Gasteiger partial charge in [0.15, 0.2) is 11.5 Å². The Morgan fingerprint density at radius 2 is 2.06 bits per heavy atom. The van der Waals surface area contributed by atoms with E-state index in [0.717, 1.165) is 24.0 Å². The Morgan fingerprint density at radius 3 is 2.81 bits per heavy atom. The molecule has 4 rings (SSSR count). The van der Waals surface area contributed by atoms with Crippen LogP contribution in [0.15, 0.2) is 41.2 Å². The summed E-state index contributed by atoms with van der Waals surface area (Å²) in [6, 6.07) is 10.1. The summed E-state index contributed by atoms with van der Waals surface area (Å²) in [7, 11) is 1.61. The molecule has 0 saturated carbocycles. The number of hydrogen-bond donors (Lipinski definition) is 1. The zero-order chi connectivity index (χ0) is 22.0. The van der Waals surface area contributed by atoms with Gasteiger partial charge in [-0.15, -0.1) is 0 Å². The number of aromatic carboxylic acids is 1. The first kappa shape index (κ1) is 20.7. The van der Waals surface area contributed by atoms with Crippen LogP contribution in [0.1, 0.15) is 47.9 Å². The summed E-state index contributed by atoms with van der Waals surface area (Å²) in [6.07, 6.45) is 4.68. The van der Waals surface area contributed by atoms with Gasteiger partial charge in [-0.3, -0.25) is 9.36 Å². The Morgan fingerprint density at radius 1 is 1.23 bits per heavy atom. The third-order valence-corrected chi connectivity index (χ3v) is 5.38. The number of allylic oxidation sites excluding steroid dienone is 1. The average Bonchev–Trinajstić information content (AvgIpc) is 3.17. The van der Waals surface area contributed by atoms with E-state index in [9.17, 15) is 14.7 Å². The zero-order valence-electron chi connectivity index (χ0n) is 17.6. The van der Waals surface area contributed by atoms with E-state index >= 15 is 0 Å². The molecule has 160 valence electrons. The topological polar surface area (TPSA) is 90.7 Å². The van der Waals surface area contributed by atoms with Crippen LogP contribution in [0.25, 0.3) is 22.6 Å². The Labute approximate surface area is 179 Å². The van der Waals surface area contributed by atoms with Crippen LogP contribution >= 0.6 is 0 Å². The van der Waals surface area contributed by atoms with Gasteiger partial charge in [0.1, 0.15) is 5.82 Å². The maximum atomic E-state index is 12.9. The van der Waals surface area contributed by atoms with Gasteiger partial charge < -0.3 is 14.6 Å². The standard InChI is InChI=1S/C24H24N2O5/c1-3-4-11-31-20-8-5-15(13-21(20)30-2)12-16-9-10-26-22(16)25-19-14-17(24(28)29)6-7-18(19)23(26)27/h5-8,12-14H,3-4,9-11H2,1-2H3,(H,28,29)/b16-12-. The summed E-state index contributed by atoms with van der Waals surface area (Å²) in [5.41, 5.74) is 2.17. The van der Waals surface area contributed by atoms with E-state index < -0.39 is 5.97 Å². The van der Waals surface area contributed by atoms with Crippen molar-refractivity contribution in [2.24, 2.45) is 0 Å². The number of nitrogens with zero attached hydrogens (tertiary/aromatic N) is 2. The van der Waals surface area contributed by atoms with E-state index in [1.54, 1.807) is 11.7 Å². The number of methoxy groups -OCH3 is 1. The lowest BCUT2D eigenvalue weighted by molar-refractivity contribution is 0.0697. The summed E-state index contributed by atoms with van der Waals surface area (Å²) < 4.78 is 12.9. The Hall–Kier alpha value is -3.61. The SMILES string of the molecule is CCCCOc1ccc(/C=C2/CCn3c2nc2cc(C(=O)O)ccc2c3=O)cc1OC. The van der Waals surface area contributed by atoms with Gasteiger partial charge in [0.2, 0.25) is 0 Å². The third kappa shape index (κ3) is 4.03. The zero-order valence-corrected chi connectivity index (χ0v) is 17.6. The van der Waals surface area contributed by atoms with Crippen LogP contribution in [0.5, 0.6) is 11.5 Å². The van der Waals surface area contributed by atoms with Crippen LogP contribution in [0.4, 0.5) is 0 Å². The molecule has 1 aromatic heterocycles. The Bertz CT molecular complexity index is 1240. The number of aromatic nitrogens is 2. The van der Waals surface area contributed by atoms with E-state index in [1.165, 1.54) is 18.2 Å². The van der Waals surface area contributed by atoms with E-state index in [0.29, 0.717) is 47.8 Å². The number of unbranched alkanes of at least 4 members (excludes halogenated alkanes) is 1. The highest BCUT2D eigenvalue weighted by molar-refractivity contribution is 5.93. The summed E-state index contributed by atoms with van der Waals surface area (Å²) in [5, 5.41) is 9.67. The summed E-state index contributed by atoms with van der Waals surface area (Å²) >= 11 is 0. The molecule has 0 atom stereocenters. The smallest absolute Gasteiger partial charge is 0.335 e. The van der Waals surface area contributed by atoms with Crippen molar-refractivity contribution in [3.63, 3.8) is 0 Å². The average molecular weight is 420 g/mol. The third-order valence-electron chi connectivity index (χ3n) is 5.38. The fourth-order valence-electron chi connectivity index (χ4n) is 3.71. The largest absolute Gasteiger partial charge is 0.493 e. The van der Waals surface area contributed by atoms with Crippen molar-refractivity contribution in [3.8, 4) is 11.5 Å². The molecule has 0 amide bonds. The van der Waals surface area contributed by atoms with Crippen LogP contribution in [-0.2, 0) is 6.54 Å². The number of carboxylic acids is 1. The lowest BCUT2D eigenvalue weighted by Gasteiger charge is -2.11. The van der Waals surface area contributed by atoms with Gasteiger partial charge >= 0.3 is 5.97 Å². The Kier molecular flexibility index (Phi) is 5.75. The fourth-order valence-corrected chi connectivity index (χ4v) is 3.71. The van der Waals surface area contributed by atoms with Crippen molar-refractivity contribution in [2.45, 2.75) is 32.7 Å². The van der Waals surface area contributed by atoms with Crippen LogP contribution in [0, 0.1) is 0 Å². The number of ether oxygens (including phenoxy) is 2. The van der Waals surface area contributed by atoms with E-state index in [1.807, 2.05) is 24.3 Å². The molecule has 7 nitrogen and oxygen atoms in total. The second kappa shape index (κ2) is 8.63. The minimum atomic E-state index is -1.05. The predicted molar refractivity (Wildman–Crippen MR) is 119 cm³/mol. The number of fused-ring (bicyclic) bond motifs is 2. The van der Waals surface area contributed by atoms with Gasteiger partial charge in [-0.1, -0.05) is 19.4 Å². The molecule has 0 bridgehead atoms. The highest BCUT2D eigenvalue weighted by Gasteiger charge is 2.21. The second-order valence-electron chi connectivity index (χ2n) is 7.46. The molecular formula is C24H24N2O5. The second-order valence-corrected chi connectivity index (χ2v) is 7.46. The summed E-state index contributed by atoms with van der Waals surface area (Å²) in [5.74, 6) is 0.876. The van der Waals surface area contributed by atoms with Gasteiger partial charge in [-0.05, 0) is 60.4 Å². The summed E-state index contributed by atoms with van der Waals surface area (Å²) in [6.45, 7) is 3.29. The highest BCUT2D eigenvalue weighted by Crippen LogP contribution is 2.32. The van der Waals surface area contributed by atoms with Gasteiger partial charge in [0.25, 0.3) is 5.56 Å². The van der Waals surface area contributed by atoms with Crippen LogP contribution < -0.4 is 15.0 Å². The normalized spacial score (nSPS) is 14.1. The molecule has 7 heteroatoms. The van der Waals surface area contributed by atoms with E-state index in [2.05, 4.69) is 11.9 Å². The molecule has 0 aliphatic carbocycles. The first-order valence-electron chi connectivity index (χ1n) is 10.3. The van der Waals surface area contributed by atoms with E-state index in [-0.39, 0.29) is 11.1 Å². The van der Waals surface area contributed by atoms with Crippen molar-refractivity contribution in [3.05, 3.63) is 63.7 Å². The highest BCUT2D eigenvalue weighted by atomic mass is 16.5. The van der Waals surface area contributed by atoms with Gasteiger partial charge in [-0.25, -0.2) is 9.78 Å². The van der Waals surface area contributed by atoms with Crippen molar-refractivity contribution >= 4 is 28.5 Å². The van der Waals surface area contributed by atoms with E-state index in [4.69, 9.17) is 9.47 Å². The monoisotopic (exact) mass is 420 g/mol. The molecule has 2 heterocycles. The maximum absolute atomic E-state index is 12.9. The minimum absolute atomic E-state index is 0.108. The molecule has 0 spiro atoms. The van der Waals surface area contributed by atoms with Gasteiger partial charge in [-0.2, -0.15) is 0 Å². The fraction of sp³-hybridized carbons (Fsp3) is 0.292. The van der Waals surface area contributed by atoms with Crippen molar-refractivity contribution < 1.29 is 19.4 Å².